The first-order chi connectivity index (χ1) is 20.9. The summed E-state index contributed by atoms with van der Waals surface area (Å²) in [5.41, 5.74) is 3.75. The molecular weight excluding hydrogens is 563 g/mol. The molecule has 0 N–H and O–H groups in total. The van der Waals surface area contributed by atoms with Crippen molar-refractivity contribution in [2.75, 3.05) is 44.7 Å². The zero-order valence-electron chi connectivity index (χ0n) is 23.9. The van der Waals surface area contributed by atoms with Gasteiger partial charge in [0.2, 0.25) is 5.88 Å². The lowest BCUT2D eigenvalue weighted by molar-refractivity contribution is -0.131. The summed E-state index contributed by atoms with van der Waals surface area (Å²) >= 11 is 1.69. The number of piperazine rings is 1. The molecule has 1 amide bonds. The van der Waals surface area contributed by atoms with E-state index >= 15 is 0 Å². The number of rotatable bonds is 7. The monoisotopic (exact) mass is 594 g/mol. The van der Waals surface area contributed by atoms with Gasteiger partial charge in [-0.05, 0) is 60.5 Å². The SMILES string of the molecule is C=C(F)C(=O)N1CCN(c2c(C#N)c(OC[C@@H]3CCCN3C)nc3cc(-c4cccc5ccsc45)ccc23)C[C@@H]1CC#N. The number of aromatic nitrogens is 1. The maximum absolute atomic E-state index is 13.8. The van der Waals surface area contributed by atoms with Crippen molar-refractivity contribution in [3.05, 3.63) is 65.8 Å². The van der Waals surface area contributed by atoms with Crippen LogP contribution in [-0.4, -0.2) is 72.6 Å². The predicted octanol–water partition coefficient (Wildman–Crippen LogP) is 5.88. The van der Waals surface area contributed by atoms with E-state index in [0.717, 1.165) is 35.9 Å². The number of nitriles is 2. The quantitative estimate of drug-likeness (QED) is 0.247. The lowest BCUT2D eigenvalue weighted by Crippen LogP contribution is -2.55. The fraction of sp³-hybridized carbons (Fsp3) is 0.333. The van der Waals surface area contributed by atoms with Gasteiger partial charge in [0.25, 0.3) is 5.91 Å². The summed E-state index contributed by atoms with van der Waals surface area (Å²) in [7, 11) is 2.07. The lowest BCUT2D eigenvalue weighted by atomic mass is 9.99. The molecule has 0 saturated carbocycles. The van der Waals surface area contributed by atoms with Gasteiger partial charge in [-0.3, -0.25) is 4.79 Å². The predicted molar refractivity (Wildman–Crippen MR) is 167 cm³/mol. The van der Waals surface area contributed by atoms with Gasteiger partial charge in [-0.1, -0.05) is 36.9 Å². The second-order valence-electron chi connectivity index (χ2n) is 11.1. The molecule has 8 nitrogen and oxygen atoms in total. The minimum atomic E-state index is -1.05. The number of halogens is 1. The highest BCUT2D eigenvalue weighted by atomic mass is 32.1. The number of fused-ring (bicyclic) bond motifs is 2. The zero-order chi connectivity index (χ0) is 30.1. The Hall–Kier alpha value is -4.51. The molecule has 10 heteroatoms. The summed E-state index contributed by atoms with van der Waals surface area (Å²) in [5.74, 6) is -1.59. The molecular formula is C33H31FN6O2S. The minimum Gasteiger partial charge on any atom is -0.475 e. The van der Waals surface area contributed by atoms with E-state index in [1.807, 2.05) is 29.2 Å². The topological polar surface area (TPSA) is 96.5 Å². The van der Waals surface area contributed by atoms with E-state index in [2.05, 4.69) is 54.2 Å². The summed E-state index contributed by atoms with van der Waals surface area (Å²) in [5, 5.41) is 24.0. The van der Waals surface area contributed by atoms with Gasteiger partial charge in [-0.15, -0.1) is 11.3 Å². The number of ether oxygens (including phenoxy) is 1. The standard InChI is InChI=1S/C33H31FN6O2S/c1-21(34)33(41)40-15-14-39(19-24(40)10-12-35)30-27-9-8-23(26-7-3-5-22-11-16-43-31(22)26)17-29(27)37-32(28(30)18-36)42-20-25-6-4-13-38(25)2/h3,5,7-9,11,16-17,24-25H,1,4,6,10,13-15,19-20H2,2H3/t24-,25-/m0/s1. The Bertz CT molecular complexity index is 1810. The van der Waals surface area contributed by atoms with Crippen molar-refractivity contribution in [3.8, 4) is 29.1 Å². The van der Waals surface area contributed by atoms with Gasteiger partial charge in [0.1, 0.15) is 18.2 Å². The van der Waals surface area contributed by atoms with Gasteiger partial charge in [-0.25, -0.2) is 9.37 Å². The zero-order valence-corrected chi connectivity index (χ0v) is 24.7. The summed E-state index contributed by atoms with van der Waals surface area (Å²) < 4.78 is 21.3. The number of anilines is 1. The van der Waals surface area contributed by atoms with Crippen LogP contribution >= 0.6 is 11.3 Å². The van der Waals surface area contributed by atoms with Crippen LogP contribution < -0.4 is 9.64 Å². The molecule has 0 unspecified atom stereocenters. The molecule has 4 aromatic rings. The fourth-order valence-corrected chi connectivity index (χ4v) is 7.21. The van der Waals surface area contributed by atoms with Crippen molar-refractivity contribution in [2.24, 2.45) is 0 Å². The van der Waals surface area contributed by atoms with E-state index in [4.69, 9.17) is 9.72 Å². The molecule has 2 saturated heterocycles. The van der Waals surface area contributed by atoms with Crippen molar-refractivity contribution in [1.82, 2.24) is 14.8 Å². The number of pyridine rings is 1. The van der Waals surface area contributed by atoms with Gasteiger partial charge in [-0.2, -0.15) is 10.5 Å². The number of hydrogen-bond donors (Lipinski definition) is 0. The highest BCUT2D eigenvalue weighted by Gasteiger charge is 2.34. The smallest absolute Gasteiger partial charge is 0.282 e. The molecule has 2 aromatic heterocycles. The van der Waals surface area contributed by atoms with E-state index in [1.165, 1.54) is 15.0 Å². The summed E-state index contributed by atoms with van der Waals surface area (Å²) in [6.45, 7) is 5.36. The molecule has 218 valence electrons. The van der Waals surface area contributed by atoms with Gasteiger partial charge in [0.05, 0.1) is 29.7 Å². The van der Waals surface area contributed by atoms with Gasteiger partial charge >= 0.3 is 0 Å². The van der Waals surface area contributed by atoms with E-state index in [9.17, 15) is 19.7 Å². The van der Waals surface area contributed by atoms with Crippen molar-refractivity contribution in [3.63, 3.8) is 0 Å². The molecule has 4 heterocycles. The van der Waals surface area contributed by atoms with Crippen LogP contribution in [-0.2, 0) is 4.79 Å². The number of carbonyl (C=O) groups excluding carboxylic acids is 1. The maximum Gasteiger partial charge on any atom is 0.282 e. The highest BCUT2D eigenvalue weighted by Crippen LogP contribution is 2.40. The normalized spacial score (nSPS) is 19.0. The molecule has 0 aliphatic carbocycles. The van der Waals surface area contributed by atoms with Crippen molar-refractivity contribution in [1.29, 1.82) is 10.5 Å². The third kappa shape index (κ3) is 5.40. The van der Waals surface area contributed by atoms with Crippen LogP contribution in [0.3, 0.4) is 0 Å². The number of benzene rings is 2. The van der Waals surface area contributed by atoms with Crippen molar-refractivity contribution in [2.45, 2.75) is 31.3 Å². The summed E-state index contributed by atoms with van der Waals surface area (Å²) in [6.07, 6.45) is 2.13. The molecule has 43 heavy (non-hydrogen) atoms. The molecule has 0 radical (unpaired) electrons. The fourth-order valence-electron chi connectivity index (χ4n) is 6.27. The number of likely N-dealkylation sites (N-methyl/N-ethyl adjacent to an activating group) is 1. The number of likely N-dealkylation sites (tertiary alicyclic amines) is 1. The molecule has 2 atom stereocenters. The lowest BCUT2D eigenvalue weighted by Gasteiger charge is -2.42. The summed E-state index contributed by atoms with van der Waals surface area (Å²) in [6, 6.07) is 18.5. The van der Waals surface area contributed by atoms with Gasteiger partial charge < -0.3 is 19.4 Å². The van der Waals surface area contributed by atoms with Crippen molar-refractivity contribution < 1.29 is 13.9 Å². The van der Waals surface area contributed by atoms with Crippen LogP contribution in [0.15, 0.2) is 60.3 Å². The third-order valence-electron chi connectivity index (χ3n) is 8.53. The third-order valence-corrected chi connectivity index (χ3v) is 9.49. The molecule has 0 spiro atoms. The number of carbonyl (C=O) groups is 1. The van der Waals surface area contributed by atoms with Crippen LogP contribution in [0.1, 0.15) is 24.8 Å². The number of amides is 1. The van der Waals surface area contributed by atoms with Gasteiger partial charge in [0.15, 0.2) is 5.83 Å². The van der Waals surface area contributed by atoms with E-state index in [0.29, 0.717) is 29.9 Å². The second kappa shape index (κ2) is 12.0. The molecule has 0 bridgehead atoms. The first-order valence-electron chi connectivity index (χ1n) is 14.3. The molecule has 2 fully saturated rings. The Morgan fingerprint density at radius 2 is 2.05 bits per heavy atom. The molecule has 2 aliphatic rings. The van der Waals surface area contributed by atoms with Crippen LogP contribution in [0.4, 0.5) is 10.1 Å². The maximum atomic E-state index is 13.8. The molecule has 2 aliphatic heterocycles. The average Bonchev–Trinajstić information content (AvgIpc) is 3.67. The van der Waals surface area contributed by atoms with Crippen molar-refractivity contribution >= 4 is 43.9 Å². The van der Waals surface area contributed by atoms with Crippen LogP contribution in [0, 0.1) is 22.7 Å². The minimum absolute atomic E-state index is 0.0206. The Balaban J connectivity index is 1.46. The molecule has 6 rings (SSSR count). The Kier molecular flexibility index (Phi) is 7.98. The average molecular weight is 595 g/mol. The van der Waals surface area contributed by atoms with E-state index in [-0.39, 0.29) is 31.4 Å². The molecule has 2 aromatic carbocycles. The van der Waals surface area contributed by atoms with E-state index < -0.39 is 17.8 Å². The van der Waals surface area contributed by atoms with E-state index in [1.54, 1.807) is 11.3 Å². The number of thiophene rings is 1. The first-order valence-corrected chi connectivity index (χ1v) is 15.2. The second-order valence-corrected chi connectivity index (χ2v) is 12.0. The Labute approximate surface area is 253 Å². The summed E-state index contributed by atoms with van der Waals surface area (Å²) in [4.78, 5) is 23.1. The largest absolute Gasteiger partial charge is 0.475 e. The highest BCUT2D eigenvalue weighted by molar-refractivity contribution is 7.17. The van der Waals surface area contributed by atoms with Crippen LogP contribution in [0.5, 0.6) is 5.88 Å². The Morgan fingerprint density at radius 3 is 2.79 bits per heavy atom. The van der Waals surface area contributed by atoms with Crippen LogP contribution in [0.25, 0.3) is 32.1 Å². The Morgan fingerprint density at radius 1 is 1.19 bits per heavy atom. The number of nitrogens with zero attached hydrogens (tertiary/aromatic N) is 6. The van der Waals surface area contributed by atoms with Crippen LogP contribution in [0.2, 0.25) is 0 Å². The van der Waals surface area contributed by atoms with Gasteiger partial charge in [0, 0.05) is 35.8 Å². The first kappa shape index (κ1) is 28.6. The number of hydrogen-bond acceptors (Lipinski definition) is 8.